The standard InChI is InChI=1S/C48H60FN7O8/c1-7-45(27(3)25-31-13-17-33(45)18-14-31)47(39(50)57,41(59)63-43(52)61)54-23-9-11-37(54)56(36-22-21-35(49)29(5)30(36)6)38-12-10-24-55(38)48(40(51)58,42(60)64-44(53)62)46(8-2)28(4)26-32-15-19-34(46)20-16-32/h13-22,27-28,37-38H,7-12,23-26H2,1-6H3,(H2,50,57)(H2,51,58)(H2,52,61)(H2,53,62)/t27?,28?,37?,38?,45?,46?,47-,48-/m0/s1. The molecule has 8 atom stereocenters. The van der Waals surface area contributed by atoms with E-state index in [1.165, 1.54) is 6.07 Å². The number of nitrogens with zero attached hydrogens (tertiary/aromatic N) is 3. The minimum absolute atomic E-state index is 0.0857. The number of hydrogen-bond acceptors (Lipinski definition) is 11. The van der Waals surface area contributed by atoms with Crippen LogP contribution in [-0.2, 0) is 52.3 Å². The Labute approximate surface area is 372 Å². The van der Waals surface area contributed by atoms with E-state index in [1.807, 2.05) is 81.1 Å². The number of halogens is 1. The monoisotopic (exact) mass is 881 g/mol. The molecule has 4 amide bonds. The summed E-state index contributed by atoms with van der Waals surface area (Å²) < 4.78 is 26.3. The van der Waals surface area contributed by atoms with E-state index in [-0.39, 0.29) is 38.8 Å². The normalized spacial score (nSPS) is 27.2. The number of esters is 2. The molecule has 6 aliphatic rings. The van der Waals surface area contributed by atoms with Crippen LogP contribution in [0.3, 0.4) is 0 Å². The molecule has 0 aromatic heterocycles. The lowest BCUT2D eigenvalue weighted by molar-refractivity contribution is -0.170. The smallest absolute Gasteiger partial charge is 0.375 e. The summed E-state index contributed by atoms with van der Waals surface area (Å²) in [5.74, 6) is -6.00. The van der Waals surface area contributed by atoms with Crippen molar-refractivity contribution in [1.82, 2.24) is 9.80 Å². The fourth-order valence-electron chi connectivity index (χ4n) is 13.0. The average molecular weight is 882 g/mol. The van der Waals surface area contributed by atoms with Crippen LogP contribution in [0, 0.1) is 31.5 Å². The van der Waals surface area contributed by atoms with E-state index < -0.39 is 87.8 Å². The minimum atomic E-state index is -2.40. The number of fused-ring (bicyclic) bond motifs is 8. The quantitative estimate of drug-likeness (QED) is 0.134. The molecule has 3 aromatic carbocycles. The lowest BCUT2D eigenvalue weighted by atomic mass is 9.56. The van der Waals surface area contributed by atoms with E-state index in [1.54, 1.807) is 29.7 Å². The predicted molar refractivity (Wildman–Crippen MR) is 236 cm³/mol. The van der Waals surface area contributed by atoms with Crippen molar-refractivity contribution in [2.75, 3.05) is 18.0 Å². The van der Waals surface area contributed by atoms with Crippen molar-refractivity contribution in [2.24, 2.45) is 34.8 Å². The first-order valence-electron chi connectivity index (χ1n) is 22.2. The van der Waals surface area contributed by atoms with Gasteiger partial charge >= 0.3 is 24.1 Å². The van der Waals surface area contributed by atoms with Crippen LogP contribution in [-0.4, -0.2) is 82.2 Å². The molecule has 15 nitrogen and oxygen atoms in total. The number of hydrogen-bond donors (Lipinski definition) is 4. The number of nitrogens with two attached hydrogens (primary N) is 4. The zero-order valence-electron chi connectivity index (χ0n) is 37.4. The molecule has 64 heavy (non-hydrogen) atoms. The topological polar surface area (TPSA) is 235 Å². The Balaban J connectivity index is 1.55. The molecule has 2 heterocycles. The van der Waals surface area contributed by atoms with Gasteiger partial charge in [-0.15, -0.1) is 0 Å². The largest absolute Gasteiger partial charge is 0.412 e. The molecule has 16 heteroatoms. The minimum Gasteiger partial charge on any atom is -0.375 e. The summed E-state index contributed by atoms with van der Waals surface area (Å²) in [5, 5.41) is 0. The number of anilines is 1. The van der Waals surface area contributed by atoms with Crippen molar-refractivity contribution < 1.29 is 42.6 Å². The number of carbonyl (C=O) groups is 6. The summed E-state index contributed by atoms with van der Waals surface area (Å²) in [6.07, 6.45) is -2.21. The number of rotatable bonds is 13. The number of carbonyl (C=O) groups excluding carboxylic acids is 6. The molecular weight excluding hydrogens is 822 g/mol. The van der Waals surface area contributed by atoms with Gasteiger partial charge in [0, 0.05) is 29.6 Å². The molecule has 342 valence electrons. The lowest BCUT2D eigenvalue weighted by Gasteiger charge is -2.59. The van der Waals surface area contributed by atoms with Crippen LogP contribution in [0.5, 0.6) is 0 Å². The molecule has 8 N–H and O–H groups in total. The van der Waals surface area contributed by atoms with E-state index in [9.17, 15) is 19.2 Å². The van der Waals surface area contributed by atoms with Gasteiger partial charge in [0.2, 0.25) is 11.1 Å². The first-order chi connectivity index (χ1) is 30.3. The Morgan fingerprint density at radius 2 is 1.05 bits per heavy atom. The molecule has 2 saturated heterocycles. The Hall–Kier alpha value is -5.87. The Kier molecular flexibility index (Phi) is 12.2. The fourth-order valence-corrected chi connectivity index (χ4v) is 13.0. The number of benzene rings is 3. The van der Waals surface area contributed by atoms with Crippen LogP contribution in [0.25, 0.3) is 0 Å². The second-order valence-electron chi connectivity index (χ2n) is 18.2. The van der Waals surface area contributed by atoms with Gasteiger partial charge in [-0.3, -0.25) is 19.4 Å². The van der Waals surface area contributed by atoms with Crippen molar-refractivity contribution in [3.63, 3.8) is 0 Å². The summed E-state index contributed by atoms with van der Waals surface area (Å²) in [4.78, 5) is 91.1. The number of amides is 4. The third kappa shape index (κ3) is 6.41. The maximum atomic E-state index is 15.6. The highest BCUT2D eigenvalue weighted by Crippen LogP contribution is 2.57. The summed E-state index contributed by atoms with van der Waals surface area (Å²) in [7, 11) is 0. The second kappa shape index (κ2) is 16.9. The van der Waals surface area contributed by atoms with Crippen molar-refractivity contribution in [2.45, 2.75) is 127 Å². The molecule has 0 spiro atoms. The molecule has 2 fully saturated rings. The van der Waals surface area contributed by atoms with Crippen molar-refractivity contribution in [3.8, 4) is 0 Å². The molecular formula is C48H60FN7O8. The Morgan fingerprint density at radius 1 is 0.656 bits per heavy atom. The molecule has 6 unspecified atom stereocenters. The maximum Gasteiger partial charge on any atom is 0.412 e. The summed E-state index contributed by atoms with van der Waals surface area (Å²) in [6.45, 7) is 11.1. The average Bonchev–Trinajstić information content (AvgIpc) is 3.81. The first-order valence-corrected chi connectivity index (χ1v) is 22.2. The molecule has 4 aliphatic carbocycles. The van der Waals surface area contributed by atoms with Gasteiger partial charge in [0.1, 0.15) is 5.82 Å². The highest BCUT2D eigenvalue weighted by Gasteiger charge is 2.72. The van der Waals surface area contributed by atoms with Gasteiger partial charge in [0.15, 0.2) is 0 Å². The van der Waals surface area contributed by atoms with Crippen LogP contribution in [0.4, 0.5) is 19.7 Å². The summed E-state index contributed by atoms with van der Waals surface area (Å²) in [6, 6.07) is 18.1. The number of primary amides is 4. The van der Waals surface area contributed by atoms with E-state index in [0.29, 0.717) is 53.6 Å². The SMILES string of the molecule is CCC1([C@](C(N)=O)(C(=O)OC(N)=O)N2CCCC2N(c2ccc(F)c(C)c2C)C2CCCN2[C@@](C(N)=O)(C(=O)OC(N)=O)C2(CC)c3ccc(cc3)CC2C)c2ccc(cc2)CC1C. The Bertz CT molecular complexity index is 2240. The molecule has 0 saturated carbocycles. The maximum absolute atomic E-state index is 15.6. The van der Waals surface area contributed by atoms with Crippen molar-refractivity contribution >= 4 is 41.6 Å². The van der Waals surface area contributed by atoms with Crippen LogP contribution >= 0.6 is 0 Å². The first kappa shape index (κ1) is 46.1. The number of likely N-dealkylation sites (tertiary alicyclic amines) is 2. The third-order valence-electron chi connectivity index (χ3n) is 15.7. The van der Waals surface area contributed by atoms with Gasteiger partial charge in [0.25, 0.3) is 11.8 Å². The fraction of sp³-hybridized carbons (Fsp3) is 0.500. The zero-order chi connectivity index (χ0) is 46.7. The lowest BCUT2D eigenvalue weighted by Crippen LogP contribution is -2.79. The second-order valence-corrected chi connectivity index (χ2v) is 18.2. The Morgan fingerprint density at radius 3 is 1.39 bits per heavy atom. The van der Waals surface area contributed by atoms with Gasteiger partial charge in [-0.25, -0.2) is 23.6 Å². The number of ether oxygens (including phenoxy) is 2. The van der Waals surface area contributed by atoms with Gasteiger partial charge in [-0.2, -0.15) is 0 Å². The molecule has 0 radical (unpaired) electrons. The van der Waals surface area contributed by atoms with Crippen LogP contribution in [0.1, 0.15) is 99.6 Å². The van der Waals surface area contributed by atoms with Crippen LogP contribution in [0.2, 0.25) is 0 Å². The van der Waals surface area contributed by atoms with E-state index >= 15 is 14.0 Å². The van der Waals surface area contributed by atoms with Crippen molar-refractivity contribution in [3.05, 3.63) is 99.9 Å². The summed E-state index contributed by atoms with van der Waals surface area (Å²) in [5.41, 5.74) is 21.3. The molecule has 2 aliphatic heterocycles. The summed E-state index contributed by atoms with van der Waals surface area (Å²) >= 11 is 0. The predicted octanol–water partition coefficient (Wildman–Crippen LogP) is 4.87. The zero-order valence-corrected chi connectivity index (χ0v) is 37.4. The van der Waals surface area contributed by atoms with E-state index in [4.69, 9.17) is 32.4 Å². The molecule has 4 bridgehead atoms. The highest BCUT2D eigenvalue weighted by atomic mass is 19.1. The van der Waals surface area contributed by atoms with E-state index in [2.05, 4.69) is 0 Å². The third-order valence-corrected chi connectivity index (χ3v) is 15.7. The van der Waals surface area contributed by atoms with Crippen molar-refractivity contribution in [1.29, 1.82) is 0 Å². The van der Waals surface area contributed by atoms with Gasteiger partial charge in [-0.05, 0) is 123 Å². The molecule has 9 rings (SSSR count). The van der Waals surface area contributed by atoms with Gasteiger partial charge in [0.05, 0.1) is 12.3 Å². The van der Waals surface area contributed by atoms with Crippen LogP contribution in [0.15, 0.2) is 60.7 Å². The van der Waals surface area contributed by atoms with E-state index in [0.717, 1.165) is 11.1 Å². The van der Waals surface area contributed by atoms with Gasteiger partial charge < -0.3 is 37.3 Å². The molecule has 3 aromatic rings. The van der Waals surface area contributed by atoms with Gasteiger partial charge in [-0.1, -0.05) is 76.2 Å². The highest BCUT2D eigenvalue weighted by molar-refractivity contribution is 6.12. The van der Waals surface area contributed by atoms with Crippen LogP contribution < -0.4 is 27.8 Å².